The smallest absolute Gasteiger partial charge is 0.255 e. The molecule has 0 spiro atoms. The third kappa shape index (κ3) is 3.28. The lowest BCUT2D eigenvalue weighted by atomic mass is 9.99. The second-order valence-electron chi connectivity index (χ2n) is 7.47. The molecule has 1 N–H and O–H groups in total. The zero-order valence-electron chi connectivity index (χ0n) is 16.6. The van der Waals surface area contributed by atoms with Gasteiger partial charge in [0.15, 0.2) is 29.0 Å². The number of nitrogens with zero attached hydrogens (tertiary/aromatic N) is 4. The highest BCUT2D eigenvalue weighted by Gasteiger charge is 2.29. The Morgan fingerprint density at radius 3 is 2.74 bits per heavy atom. The first kappa shape index (κ1) is 19.4. The van der Waals surface area contributed by atoms with Crippen molar-refractivity contribution in [1.82, 2.24) is 19.7 Å². The molecule has 0 saturated heterocycles. The van der Waals surface area contributed by atoms with Crippen molar-refractivity contribution in [2.75, 3.05) is 25.0 Å². The van der Waals surface area contributed by atoms with Crippen molar-refractivity contribution in [3.05, 3.63) is 58.7 Å². The van der Waals surface area contributed by atoms with Crippen LogP contribution in [0.3, 0.4) is 0 Å². The van der Waals surface area contributed by atoms with Crippen molar-refractivity contribution in [1.29, 1.82) is 0 Å². The Balaban J connectivity index is 1.43. The Labute approximate surface area is 175 Å². The molecule has 0 atom stereocenters. The molecule has 1 amide bonds. The molecule has 2 aliphatic heterocycles. The number of fused-ring (bicyclic) bond motifs is 2. The molecule has 160 valence electrons. The van der Waals surface area contributed by atoms with Crippen molar-refractivity contribution in [3.63, 3.8) is 0 Å². The molecular formula is C21H18F3N5O2. The number of pyridine rings is 1. The van der Waals surface area contributed by atoms with Gasteiger partial charge in [0.25, 0.3) is 5.91 Å². The van der Waals surface area contributed by atoms with Gasteiger partial charge in [0.2, 0.25) is 0 Å². The Morgan fingerprint density at radius 1 is 1.19 bits per heavy atom. The molecule has 0 aliphatic carbocycles. The SMILES string of the molecule is Cn1nc2c(c1-c1cc(F)c(F)c(F)c1)CCN(C(=O)c1cnc3c(c1)OCCN3)C2. The first-order chi connectivity index (χ1) is 14.9. The molecule has 2 aliphatic rings. The van der Waals surface area contributed by atoms with Gasteiger partial charge < -0.3 is 15.0 Å². The molecule has 0 radical (unpaired) electrons. The standard InChI is InChI=1S/C21H18F3N5O2/c1-28-19(11-6-14(22)18(24)15(23)7-11)13-2-4-29(10-16(13)27-28)21(30)12-8-17-20(26-9-12)25-3-5-31-17/h6-9H,2-5,10H2,1H3,(H,25,26). The molecule has 0 saturated carbocycles. The number of nitrogens with one attached hydrogen (secondary N) is 1. The zero-order chi connectivity index (χ0) is 21.7. The van der Waals surface area contributed by atoms with E-state index in [0.29, 0.717) is 54.6 Å². The van der Waals surface area contributed by atoms with Gasteiger partial charge in [0, 0.05) is 30.9 Å². The molecule has 0 unspecified atom stereocenters. The van der Waals surface area contributed by atoms with Gasteiger partial charge in [-0.25, -0.2) is 18.2 Å². The van der Waals surface area contributed by atoms with Crippen LogP contribution in [0.4, 0.5) is 19.0 Å². The van der Waals surface area contributed by atoms with Crippen LogP contribution in [0.5, 0.6) is 5.75 Å². The second kappa shape index (κ2) is 7.29. The van der Waals surface area contributed by atoms with Gasteiger partial charge >= 0.3 is 0 Å². The van der Waals surface area contributed by atoms with Crippen LogP contribution in [-0.2, 0) is 20.0 Å². The molecule has 5 rings (SSSR count). The van der Waals surface area contributed by atoms with Gasteiger partial charge in [-0.2, -0.15) is 5.10 Å². The van der Waals surface area contributed by atoms with Crippen LogP contribution >= 0.6 is 0 Å². The monoisotopic (exact) mass is 429 g/mol. The van der Waals surface area contributed by atoms with Gasteiger partial charge in [0.1, 0.15) is 6.61 Å². The van der Waals surface area contributed by atoms with Crippen LogP contribution in [0, 0.1) is 17.5 Å². The van der Waals surface area contributed by atoms with Gasteiger partial charge in [0.05, 0.1) is 30.0 Å². The minimum absolute atomic E-state index is 0.205. The van der Waals surface area contributed by atoms with E-state index in [0.717, 1.165) is 17.7 Å². The summed E-state index contributed by atoms with van der Waals surface area (Å²) in [7, 11) is 1.65. The molecule has 7 nitrogen and oxygen atoms in total. The molecule has 31 heavy (non-hydrogen) atoms. The number of aryl methyl sites for hydroxylation is 1. The van der Waals surface area contributed by atoms with E-state index in [1.807, 2.05) is 0 Å². The number of carbonyl (C=O) groups is 1. The number of rotatable bonds is 2. The molecule has 0 bridgehead atoms. The van der Waals surface area contributed by atoms with Crippen LogP contribution in [-0.4, -0.2) is 45.3 Å². The summed E-state index contributed by atoms with van der Waals surface area (Å²) in [5, 5.41) is 7.55. The lowest BCUT2D eigenvalue weighted by molar-refractivity contribution is 0.0731. The van der Waals surface area contributed by atoms with Gasteiger partial charge in [-0.1, -0.05) is 0 Å². The summed E-state index contributed by atoms with van der Waals surface area (Å²) >= 11 is 0. The fourth-order valence-corrected chi connectivity index (χ4v) is 4.06. The van der Waals surface area contributed by atoms with Gasteiger partial charge in [-0.05, 0) is 24.6 Å². The highest BCUT2D eigenvalue weighted by atomic mass is 19.2. The lowest BCUT2D eigenvalue weighted by Crippen LogP contribution is -2.36. The fraction of sp³-hybridized carbons (Fsp3) is 0.286. The summed E-state index contributed by atoms with van der Waals surface area (Å²) in [6.45, 7) is 1.80. The molecular weight excluding hydrogens is 411 g/mol. The number of anilines is 1. The predicted octanol–water partition coefficient (Wildman–Crippen LogP) is 2.90. The van der Waals surface area contributed by atoms with Gasteiger partial charge in [-0.3, -0.25) is 9.48 Å². The lowest BCUT2D eigenvalue weighted by Gasteiger charge is -2.27. The van der Waals surface area contributed by atoms with Crippen LogP contribution in [0.2, 0.25) is 0 Å². The largest absolute Gasteiger partial charge is 0.488 e. The maximum atomic E-state index is 13.8. The fourth-order valence-electron chi connectivity index (χ4n) is 4.06. The van der Waals surface area contributed by atoms with E-state index in [4.69, 9.17) is 4.74 Å². The summed E-state index contributed by atoms with van der Waals surface area (Å²) in [6, 6.07) is 3.58. The van der Waals surface area contributed by atoms with Crippen molar-refractivity contribution in [2.24, 2.45) is 7.05 Å². The topological polar surface area (TPSA) is 72.3 Å². The van der Waals surface area contributed by atoms with Crippen molar-refractivity contribution in [3.8, 4) is 17.0 Å². The molecule has 1 aromatic carbocycles. The third-order valence-electron chi connectivity index (χ3n) is 5.50. The number of benzene rings is 1. The zero-order valence-corrected chi connectivity index (χ0v) is 16.6. The number of carbonyl (C=O) groups excluding carboxylic acids is 1. The third-order valence-corrected chi connectivity index (χ3v) is 5.50. The van der Waals surface area contributed by atoms with Crippen LogP contribution in [0.1, 0.15) is 21.6 Å². The summed E-state index contributed by atoms with van der Waals surface area (Å²) in [4.78, 5) is 18.9. The normalized spacial score (nSPS) is 15.0. The molecule has 3 aromatic rings. The van der Waals surface area contributed by atoms with E-state index in [2.05, 4.69) is 15.4 Å². The highest BCUT2D eigenvalue weighted by molar-refractivity contribution is 5.95. The van der Waals surface area contributed by atoms with Crippen LogP contribution < -0.4 is 10.1 Å². The minimum Gasteiger partial charge on any atom is -0.488 e. The Kier molecular flexibility index (Phi) is 4.57. The predicted molar refractivity (Wildman–Crippen MR) is 105 cm³/mol. The van der Waals surface area contributed by atoms with E-state index in [1.54, 1.807) is 18.0 Å². The van der Waals surface area contributed by atoms with Crippen molar-refractivity contribution < 1.29 is 22.7 Å². The molecule has 10 heteroatoms. The summed E-state index contributed by atoms with van der Waals surface area (Å²) in [6.07, 6.45) is 1.95. The Morgan fingerprint density at radius 2 is 1.97 bits per heavy atom. The molecule has 4 heterocycles. The second-order valence-corrected chi connectivity index (χ2v) is 7.47. The van der Waals surface area contributed by atoms with Crippen molar-refractivity contribution in [2.45, 2.75) is 13.0 Å². The van der Waals surface area contributed by atoms with E-state index in [1.165, 1.54) is 10.9 Å². The quantitative estimate of drug-likeness (QED) is 0.635. The van der Waals surface area contributed by atoms with E-state index >= 15 is 0 Å². The average molecular weight is 429 g/mol. The number of halogens is 3. The van der Waals surface area contributed by atoms with E-state index in [9.17, 15) is 18.0 Å². The Hall–Kier alpha value is -3.56. The van der Waals surface area contributed by atoms with Crippen LogP contribution in [0.15, 0.2) is 24.4 Å². The average Bonchev–Trinajstić information content (AvgIpc) is 3.11. The molecule has 0 fully saturated rings. The maximum absolute atomic E-state index is 13.8. The van der Waals surface area contributed by atoms with Crippen molar-refractivity contribution >= 4 is 11.7 Å². The summed E-state index contributed by atoms with van der Waals surface area (Å²) < 4.78 is 47.9. The summed E-state index contributed by atoms with van der Waals surface area (Å²) in [5.74, 6) is -3.08. The summed E-state index contributed by atoms with van der Waals surface area (Å²) in [5.41, 5.74) is 2.54. The highest BCUT2D eigenvalue weighted by Crippen LogP contribution is 2.32. The first-order valence-corrected chi connectivity index (χ1v) is 9.78. The van der Waals surface area contributed by atoms with E-state index < -0.39 is 17.5 Å². The number of hydrogen-bond acceptors (Lipinski definition) is 5. The number of amides is 1. The minimum atomic E-state index is -1.51. The first-order valence-electron chi connectivity index (χ1n) is 9.78. The molecule has 2 aromatic heterocycles. The van der Waals surface area contributed by atoms with E-state index in [-0.39, 0.29) is 18.0 Å². The number of hydrogen-bond donors (Lipinski definition) is 1. The van der Waals surface area contributed by atoms with Crippen LogP contribution in [0.25, 0.3) is 11.3 Å². The Bertz CT molecular complexity index is 1190. The maximum Gasteiger partial charge on any atom is 0.255 e. The number of aromatic nitrogens is 3. The van der Waals surface area contributed by atoms with Gasteiger partial charge in [-0.15, -0.1) is 0 Å². The number of ether oxygens (including phenoxy) is 1.